The van der Waals surface area contributed by atoms with Crippen molar-refractivity contribution < 1.29 is 27.8 Å². The highest BCUT2D eigenvalue weighted by atomic mass is 19.4. The number of aliphatic hydroxyl groups excluding tert-OH is 1. The van der Waals surface area contributed by atoms with Crippen LogP contribution in [0.4, 0.5) is 13.2 Å². The van der Waals surface area contributed by atoms with Crippen molar-refractivity contribution in [2.75, 3.05) is 19.7 Å². The van der Waals surface area contributed by atoms with Crippen LogP contribution >= 0.6 is 0 Å². The first-order chi connectivity index (χ1) is 12.0. The van der Waals surface area contributed by atoms with E-state index in [0.29, 0.717) is 13.1 Å². The molecule has 142 valence electrons. The zero-order valence-corrected chi connectivity index (χ0v) is 14.8. The number of nitriles is 1. The van der Waals surface area contributed by atoms with E-state index in [1.807, 2.05) is 0 Å². The van der Waals surface area contributed by atoms with E-state index in [2.05, 4.69) is 0 Å². The third-order valence-electron chi connectivity index (χ3n) is 4.36. The quantitative estimate of drug-likeness (QED) is 0.865. The Kier molecular flexibility index (Phi) is 5.52. The Morgan fingerprint density at radius 3 is 2.65 bits per heavy atom. The standard InChI is InChI=1S/C18H21F3N2O3/c1-11(9-24)8-23-10-17(2,3)15(16(23)25)26-13-5-4-12(7-22)14(6-13)18(19,20)21/h4-6,11,15,24H,8-10H2,1-3H3/t11?,15-/m0/s1. The highest BCUT2D eigenvalue weighted by molar-refractivity contribution is 5.84. The molecule has 0 bridgehead atoms. The summed E-state index contributed by atoms with van der Waals surface area (Å²) < 4.78 is 44.9. The lowest BCUT2D eigenvalue weighted by Gasteiger charge is -2.25. The molecule has 1 fully saturated rings. The minimum absolute atomic E-state index is 0.0691. The number of halogens is 3. The minimum atomic E-state index is -4.69. The second-order valence-electron chi connectivity index (χ2n) is 7.31. The van der Waals surface area contributed by atoms with Gasteiger partial charge in [-0.05, 0) is 24.1 Å². The Bertz CT molecular complexity index is 725. The van der Waals surface area contributed by atoms with Crippen molar-refractivity contribution in [2.24, 2.45) is 11.3 Å². The molecule has 1 heterocycles. The Hall–Kier alpha value is -2.27. The van der Waals surface area contributed by atoms with E-state index in [4.69, 9.17) is 15.1 Å². The summed E-state index contributed by atoms with van der Waals surface area (Å²) in [5.74, 6) is -0.548. The lowest BCUT2D eigenvalue weighted by atomic mass is 9.89. The van der Waals surface area contributed by atoms with E-state index >= 15 is 0 Å². The highest BCUT2D eigenvalue weighted by Gasteiger charge is 2.48. The number of alkyl halides is 3. The third kappa shape index (κ3) is 4.10. The number of ether oxygens (including phenoxy) is 1. The lowest BCUT2D eigenvalue weighted by Crippen LogP contribution is -2.37. The molecule has 1 saturated heterocycles. The smallest absolute Gasteiger partial charge is 0.417 e. The van der Waals surface area contributed by atoms with Crippen LogP contribution in [0.5, 0.6) is 5.75 Å². The normalized spacial score (nSPS) is 20.8. The van der Waals surface area contributed by atoms with Crippen molar-refractivity contribution in [3.8, 4) is 11.8 Å². The fraction of sp³-hybridized carbons (Fsp3) is 0.556. The highest BCUT2D eigenvalue weighted by Crippen LogP contribution is 2.37. The molecule has 0 spiro atoms. The van der Waals surface area contributed by atoms with Crippen LogP contribution in [0.15, 0.2) is 18.2 Å². The molecule has 1 unspecified atom stereocenters. The third-order valence-corrected chi connectivity index (χ3v) is 4.36. The summed E-state index contributed by atoms with van der Waals surface area (Å²) in [6.07, 6.45) is -5.63. The SMILES string of the molecule is CC(CO)CN1CC(C)(C)[C@@H](Oc2ccc(C#N)c(C(F)(F)F)c2)C1=O. The van der Waals surface area contributed by atoms with Gasteiger partial charge in [-0.15, -0.1) is 0 Å². The molecule has 1 aliphatic heterocycles. The number of carbonyl (C=O) groups is 1. The van der Waals surface area contributed by atoms with Gasteiger partial charge in [-0.25, -0.2) is 0 Å². The largest absolute Gasteiger partial charge is 0.480 e. The van der Waals surface area contributed by atoms with Crippen LogP contribution in [0.3, 0.4) is 0 Å². The second kappa shape index (κ2) is 7.16. The topological polar surface area (TPSA) is 73.6 Å². The summed E-state index contributed by atoms with van der Waals surface area (Å²) in [6, 6.07) is 4.56. The molecule has 8 heteroatoms. The van der Waals surface area contributed by atoms with Crippen LogP contribution < -0.4 is 4.74 Å². The molecular weight excluding hydrogens is 349 g/mol. The maximum Gasteiger partial charge on any atom is 0.417 e. The van der Waals surface area contributed by atoms with Crippen molar-refractivity contribution in [1.82, 2.24) is 4.90 Å². The number of hydrogen-bond donors (Lipinski definition) is 1. The van der Waals surface area contributed by atoms with Gasteiger partial charge in [-0.1, -0.05) is 20.8 Å². The van der Waals surface area contributed by atoms with E-state index < -0.39 is 28.8 Å². The molecule has 0 radical (unpaired) electrons. The molecule has 2 rings (SSSR count). The summed E-state index contributed by atoms with van der Waals surface area (Å²) in [7, 11) is 0. The van der Waals surface area contributed by atoms with Gasteiger partial charge in [0.05, 0.1) is 17.2 Å². The molecular formula is C18H21F3N2O3. The van der Waals surface area contributed by atoms with Crippen molar-refractivity contribution in [3.63, 3.8) is 0 Å². The van der Waals surface area contributed by atoms with Crippen LogP contribution in [0, 0.1) is 22.7 Å². The number of hydrogen-bond acceptors (Lipinski definition) is 4. The molecule has 1 aliphatic rings. The number of likely N-dealkylation sites (tertiary alicyclic amines) is 1. The summed E-state index contributed by atoms with van der Waals surface area (Å²) >= 11 is 0. The molecule has 0 aromatic heterocycles. The Morgan fingerprint density at radius 1 is 1.46 bits per heavy atom. The van der Waals surface area contributed by atoms with Crippen LogP contribution in [0.2, 0.25) is 0 Å². The lowest BCUT2D eigenvalue weighted by molar-refractivity contribution is -0.138. The van der Waals surface area contributed by atoms with Gasteiger partial charge in [0.1, 0.15) is 5.75 Å². The molecule has 0 saturated carbocycles. The number of rotatable bonds is 5. The van der Waals surface area contributed by atoms with Crippen LogP contribution in [0.25, 0.3) is 0 Å². The molecule has 1 aromatic carbocycles. The van der Waals surface area contributed by atoms with Gasteiger partial charge in [0.25, 0.3) is 5.91 Å². The number of amides is 1. The maximum atomic E-state index is 13.1. The fourth-order valence-electron chi connectivity index (χ4n) is 3.02. The number of aliphatic hydroxyl groups is 1. The molecule has 5 nitrogen and oxygen atoms in total. The van der Waals surface area contributed by atoms with Crippen molar-refractivity contribution >= 4 is 5.91 Å². The van der Waals surface area contributed by atoms with Gasteiger partial charge in [0.15, 0.2) is 6.10 Å². The summed E-state index contributed by atoms with van der Waals surface area (Å²) in [5, 5.41) is 18.0. The molecule has 0 aliphatic carbocycles. The van der Waals surface area contributed by atoms with E-state index in [9.17, 15) is 18.0 Å². The van der Waals surface area contributed by atoms with Crippen LogP contribution in [0.1, 0.15) is 31.9 Å². The average molecular weight is 370 g/mol. The van der Waals surface area contributed by atoms with Crippen molar-refractivity contribution in [3.05, 3.63) is 29.3 Å². The van der Waals surface area contributed by atoms with Gasteiger partial charge >= 0.3 is 6.18 Å². The fourth-order valence-corrected chi connectivity index (χ4v) is 3.02. The van der Waals surface area contributed by atoms with Gasteiger partial charge in [0.2, 0.25) is 0 Å². The Balaban J connectivity index is 2.27. The van der Waals surface area contributed by atoms with Crippen LogP contribution in [-0.2, 0) is 11.0 Å². The molecule has 2 atom stereocenters. The number of benzene rings is 1. The molecule has 26 heavy (non-hydrogen) atoms. The molecule has 1 aromatic rings. The number of nitrogens with zero attached hydrogens (tertiary/aromatic N) is 2. The first-order valence-corrected chi connectivity index (χ1v) is 8.17. The Labute approximate surface area is 150 Å². The van der Waals surface area contributed by atoms with Crippen LogP contribution in [-0.4, -0.2) is 41.7 Å². The molecule has 1 amide bonds. The number of carbonyl (C=O) groups excluding carboxylic acids is 1. The zero-order chi connectivity index (χ0) is 19.7. The van der Waals surface area contributed by atoms with E-state index in [1.54, 1.807) is 25.7 Å². The van der Waals surface area contributed by atoms with Gasteiger partial charge in [-0.3, -0.25) is 4.79 Å². The van der Waals surface area contributed by atoms with Gasteiger partial charge in [0, 0.05) is 25.1 Å². The molecule has 1 N–H and O–H groups in total. The monoisotopic (exact) mass is 370 g/mol. The summed E-state index contributed by atoms with van der Waals surface area (Å²) in [6.45, 7) is 6.05. The average Bonchev–Trinajstić information content (AvgIpc) is 2.76. The first kappa shape index (κ1) is 20.0. The van der Waals surface area contributed by atoms with Gasteiger partial charge < -0.3 is 14.7 Å². The van der Waals surface area contributed by atoms with E-state index in [0.717, 1.165) is 12.1 Å². The van der Waals surface area contributed by atoms with Crippen molar-refractivity contribution in [1.29, 1.82) is 5.26 Å². The van der Waals surface area contributed by atoms with E-state index in [-0.39, 0.29) is 24.2 Å². The predicted molar refractivity (Wildman–Crippen MR) is 87.2 cm³/mol. The summed E-state index contributed by atoms with van der Waals surface area (Å²) in [5.41, 5.74) is -2.20. The second-order valence-corrected chi connectivity index (χ2v) is 7.31. The Morgan fingerprint density at radius 2 is 2.12 bits per heavy atom. The predicted octanol–water partition coefficient (Wildman–Crippen LogP) is 2.82. The maximum absolute atomic E-state index is 13.1. The first-order valence-electron chi connectivity index (χ1n) is 8.17. The minimum Gasteiger partial charge on any atom is -0.480 e. The zero-order valence-electron chi connectivity index (χ0n) is 14.8. The van der Waals surface area contributed by atoms with E-state index in [1.165, 1.54) is 12.1 Å². The van der Waals surface area contributed by atoms with Crippen molar-refractivity contribution in [2.45, 2.75) is 33.1 Å². The summed E-state index contributed by atoms with van der Waals surface area (Å²) in [4.78, 5) is 14.2. The van der Waals surface area contributed by atoms with Gasteiger partial charge in [-0.2, -0.15) is 18.4 Å².